The van der Waals surface area contributed by atoms with Crippen LogP contribution in [0.1, 0.15) is 53.9 Å². The van der Waals surface area contributed by atoms with Crippen LogP contribution in [-0.4, -0.2) is 35.1 Å². The Morgan fingerprint density at radius 2 is 0.688 bits per heavy atom. The number of hydrogen-bond donors (Lipinski definition) is 3. The van der Waals surface area contributed by atoms with E-state index in [9.17, 15) is 0 Å². The van der Waals surface area contributed by atoms with Gasteiger partial charge in [0.2, 0.25) is 0 Å². The van der Waals surface area contributed by atoms with Gasteiger partial charge in [-0.25, -0.2) is 0 Å². The maximum atomic E-state index is 7.57. The second kappa shape index (κ2) is 69.7. The van der Waals surface area contributed by atoms with Gasteiger partial charge in [0.25, 0.3) is 0 Å². The van der Waals surface area contributed by atoms with E-state index in [0.29, 0.717) is 0 Å². The maximum absolute atomic E-state index is 7.57. The first-order valence-electron chi connectivity index (χ1n) is 5.48. The molecule has 0 aromatic rings. The molecule has 0 aliphatic heterocycles. The minimum absolute atomic E-state index is 0. The molecule has 3 nitrogen and oxygen atoms in total. The van der Waals surface area contributed by atoms with E-state index in [1.807, 2.05) is 0 Å². The van der Waals surface area contributed by atoms with Crippen molar-refractivity contribution in [1.82, 2.24) is 0 Å². The average Bonchev–Trinajstić information content (AvgIpc) is 2.09. The Hall–Kier alpha value is 1.65. The van der Waals surface area contributed by atoms with Crippen molar-refractivity contribution in [1.29, 1.82) is 0 Å². The Balaban J connectivity index is -0.0000000206. The topological polar surface area (TPSA) is 60.7 Å². The molecule has 0 unspecified atom stereocenters. The molecule has 0 aliphatic rings. The maximum Gasteiger partial charge on any atom is 0.0402 e. The molecule has 16 heavy (non-hydrogen) atoms. The summed E-state index contributed by atoms with van der Waals surface area (Å²) in [7, 11) is 0. The summed E-state index contributed by atoms with van der Waals surface area (Å²) in [4.78, 5) is 0. The van der Waals surface area contributed by atoms with Gasteiger partial charge >= 0.3 is 0 Å². The van der Waals surface area contributed by atoms with Crippen LogP contribution in [0.15, 0.2) is 0 Å². The van der Waals surface area contributed by atoms with Gasteiger partial charge < -0.3 is 15.3 Å². The summed E-state index contributed by atoms with van der Waals surface area (Å²) in [5.74, 6) is 0. The van der Waals surface area contributed by atoms with Gasteiger partial charge in [-0.1, -0.05) is 33.1 Å². The van der Waals surface area contributed by atoms with Crippen LogP contribution < -0.4 is 0 Å². The molecule has 3 N–H and O–H groups in total. The van der Waals surface area contributed by atoms with Gasteiger partial charge in [-0.15, -0.1) is 0 Å². The van der Waals surface area contributed by atoms with E-state index in [0.717, 1.165) is 0 Å². The molecule has 0 aliphatic carbocycles. The first-order valence-corrected chi connectivity index (χ1v) is 5.48. The minimum Gasteiger partial charge on any atom is -0.397 e. The average molecular weight is 393 g/mol. The van der Waals surface area contributed by atoms with E-state index in [1.165, 1.54) is 19.3 Å². The van der Waals surface area contributed by atoms with Gasteiger partial charge in [-0.3, -0.25) is 0 Å². The largest absolute Gasteiger partial charge is 0.397 e. The van der Waals surface area contributed by atoms with Crippen LogP contribution in [0.3, 0.4) is 0 Å². The van der Waals surface area contributed by atoms with E-state index < -0.39 is 0 Å². The number of unbranched alkanes of at least 4 members (excludes halogenated alkanes) is 2. The summed E-state index contributed by atoms with van der Waals surface area (Å²) in [5, 5.41) is 22.7. The Kier molecular flexibility index (Phi) is 157. The molecular weight excluding hydrogens is 363 g/mol. The third kappa shape index (κ3) is 252. The third-order valence-corrected chi connectivity index (χ3v) is 0.707. The predicted octanol–water partition coefficient (Wildman–Crippen LogP) is 2.19. The van der Waals surface area contributed by atoms with Crippen molar-refractivity contribution < 1.29 is 67.7 Å². The normalized spacial score (nSPS) is 6.00. The molecule has 0 spiro atoms. The Labute approximate surface area is 140 Å². The van der Waals surface area contributed by atoms with Gasteiger partial charge in [-0.2, -0.15) is 0 Å². The van der Waals surface area contributed by atoms with Crippen LogP contribution in [-0.2, 0) is 52.4 Å². The quantitative estimate of drug-likeness (QED) is 0.675. The molecule has 0 rings (SSSR count). The Morgan fingerprint density at radius 1 is 0.562 bits per heavy atom. The first kappa shape index (κ1) is 36.1. The monoisotopic (exact) mass is 390 g/mol. The zero-order valence-corrected chi connectivity index (χ0v) is 16.5. The molecule has 0 aromatic heterocycles. The molecular formula is C11H30O3Zr2. The van der Waals surface area contributed by atoms with E-state index in [-0.39, 0.29) is 72.2 Å². The van der Waals surface area contributed by atoms with Gasteiger partial charge in [0, 0.05) is 72.2 Å². The fourth-order valence-electron chi connectivity index (χ4n) is 0.354. The predicted molar refractivity (Wildman–Crippen MR) is 63.5 cm³/mol. The van der Waals surface area contributed by atoms with Gasteiger partial charge in [0.05, 0.1) is 0 Å². The van der Waals surface area contributed by atoms with Crippen molar-refractivity contribution in [2.45, 2.75) is 53.9 Å². The fraction of sp³-hybridized carbons (Fsp3) is 1.00. The summed E-state index contributed by atoms with van der Waals surface area (Å²) in [6.45, 7) is 10.2. The van der Waals surface area contributed by atoms with Crippen molar-refractivity contribution in [3.63, 3.8) is 0 Å². The summed E-state index contributed by atoms with van der Waals surface area (Å²) >= 11 is 0. The summed E-state index contributed by atoms with van der Waals surface area (Å²) < 4.78 is 0. The van der Waals surface area contributed by atoms with Gasteiger partial charge in [0.1, 0.15) is 0 Å². The van der Waals surface area contributed by atoms with Gasteiger partial charge in [-0.05, 0) is 20.8 Å². The van der Waals surface area contributed by atoms with E-state index in [2.05, 4.69) is 13.8 Å². The molecule has 100 valence electrons. The second-order valence-electron chi connectivity index (χ2n) is 2.30. The van der Waals surface area contributed by atoms with Crippen LogP contribution in [0.4, 0.5) is 0 Å². The SMILES string of the molecule is CCCCC.CCO.CCO.CCO.[Zr].[Zr]. The molecule has 0 saturated heterocycles. The standard InChI is InChI=1S/C5H12.3C2H6O.2Zr/c1-3-5-4-2;3*1-2-3;;/h3-5H2,1-2H3;3*3H,2H2,1H3;;. The Morgan fingerprint density at radius 3 is 0.688 bits per heavy atom. The van der Waals surface area contributed by atoms with Crippen LogP contribution >= 0.6 is 0 Å². The zero-order valence-electron chi connectivity index (χ0n) is 11.6. The van der Waals surface area contributed by atoms with E-state index >= 15 is 0 Å². The van der Waals surface area contributed by atoms with Crippen LogP contribution in [0, 0.1) is 0 Å². The van der Waals surface area contributed by atoms with Crippen LogP contribution in [0.5, 0.6) is 0 Å². The van der Waals surface area contributed by atoms with Crippen molar-refractivity contribution >= 4 is 0 Å². The fourth-order valence-corrected chi connectivity index (χ4v) is 0.354. The zero-order chi connectivity index (χ0) is 12.2. The van der Waals surface area contributed by atoms with E-state index in [4.69, 9.17) is 15.3 Å². The number of aliphatic hydroxyl groups excluding tert-OH is 3. The van der Waals surface area contributed by atoms with Crippen molar-refractivity contribution in [2.75, 3.05) is 19.8 Å². The third-order valence-electron chi connectivity index (χ3n) is 0.707. The molecule has 0 saturated carbocycles. The molecule has 0 bridgehead atoms. The number of aliphatic hydroxyl groups is 3. The number of rotatable bonds is 2. The molecule has 0 atom stereocenters. The van der Waals surface area contributed by atoms with Crippen LogP contribution in [0.2, 0.25) is 0 Å². The van der Waals surface area contributed by atoms with Crippen molar-refractivity contribution in [3.8, 4) is 0 Å². The van der Waals surface area contributed by atoms with E-state index in [1.54, 1.807) is 20.8 Å². The molecule has 0 heterocycles. The van der Waals surface area contributed by atoms with Crippen molar-refractivity contribution in [2.24, 2.45) is 0 Å². The van der Waals surface area contributed by atoms with Crippen LogP contribution in [0.25, 0.3) is 0 Å². The summed E-state index contributed by atoms with van der Waals surface area (Å²) in [5.41, 5.74) is 0. The van der Waals surface area contributed by atoms with Gasteiger partial charge in [0.15, 0.2) is 0 Å². The molecule has 0 aromatic carbocycles. The smallest absolute Gasteiger partial charge is 0.0402 e. The summed E-state index contributed by atoms with van der Waals surface area (Å²) in [6.07, 6.45) is 4.08. The molecule has 0 radical (unpaired) electrons. The molecule has 0 fully saturated rings. The summed E-state index contributed by atoms with van der Waals surface area (Å²) in [6, 6.07) is 0. The first-order chi connectivity index (χ1) is 6.66. The second-order valence-corrected chi connectivity index (χ2v) is 2.30. The number of hydrogen-bond acceptors (Lipinski definition) is 3. The molecule has 0 amide bonds. The molecule has 5 heteroatoms. The minimum atomic E-state index is 0. The van der Waals surface area contributed by atoms with Crippen molar-refractivity contribution in [3.05, 3.63) is 0 Å². The Bertz CT molecular complexity index is 43.5.